The lowest BCUT2D eigenvalue weighted by Gasteiger charge is -2.10. The van der Waals surface area contributed by atoms with E-state index in [-0.39, 0.29) is 5.91 Å². The van der Waals surface area contributed by atoms with Crippen LogP contribution in [0.5, 0.6) is 0 Å². The van der Waals surface area contributed by atoms with Gasteiger partial charge in [-0.05, 0) is 31.2 Å². The van der Waals surface area contributed by atoms with E-state index in [0.717, 1.165) is 28.0 Å². The molecule has 2 aromatic carbocycles. The summed E-state index contributed by atoms with van der Waals surface area (Å²) in [6.07, 6.45) is 3.35. The van der Waals surface area contributed by atoms with Gasteiger partial charge in [0.15, 0.2) is 5.65 Å². The molecule has 0 atom stereocenters. The first-order valence-electron chi connectivity index (χ1n) is 9.78. The average molecular weight is 409 g/mol. The largest absolute Gasteiger partial charge is 0.322 e. The van der Waals surface area contributed by atoms with Crippen molar-refractivity contribution in [1.82, 2.24) is 29.8 Å². The summed E-state index contributed by atoms with van der Waals surface area (Å²) in [5, 5.41) is 16.1. The van der Waals surface area contributed by atoms with Crippen LogP contribution in [0.2, 0.25) is 0 Å². The standard InChI is InChI=1S/C23H19N7O/c1-15-21-19(14-20(16-7-4-3-5-8-16)26-22(21)29(2)27-15)23(31)25-17-9-6-10-18(13-17)30-12-11-24-28-30/h3-14H,1-2H3,(H,25,31). The highest BCUT2D eigenvalue weighted by atomic mass is 16.1. The van der Waals surface area contributed by atoms with E-state index >= 15 is 0 Å². The van der Waals surface area contributed by atoms with Crippen LogP contribution in [0.3, 0.4) is 0 Å². The molecular weight excluding hydrogens is 390 g/mol. The Morgan fingerprint density at radius 3 is 2.65 bits per heavy atom. The number of pyridine rings is 1. The number of amides is 1. The molecule has 3 heterocycles. The summed E-state index contributed by atoms with van der Waals surface area (Å²) in [5.41, 5.74) is 5.07. The van der Waals surface area contributed by atoms with Crippen LogP contribution in [-0.2, 0) is 7.05 Å². The van der Waals surface area contributed by atoms with Gasteiger partial charge in [-0.1, -0.05) is 41.6 Å². The number of carbonyl (C=O) groups is 1. The van der Waals surface area contributed by atoms with Crippen molar-refractivity contribution in [3.8, 4) is 16.9 Å². The molecule has 3 aromatic heterocycles. The van der Waals surface area contributed by atoms with Gasteiger partial charge in [0.05, 0.1) is 40.4 Å². The molecule has 8 heteroatoms. The molecule has 152 valence electrons. The molecule has 0 fully saturated rings. The highest BCUT2D eigenvalue weighted by molar-refractivity contribution is 6.13. The molecular formula is C23H19N7O. The lowest BCUT2D eigenvalue weighted by Crippen LogP contribution is -2.13. The van der Waals surface area contributed by atoms with Crippen LogP contribution in [0.25, 0.3) is 28.0 Å². The fourth-order valence-corrected chi connectivity index (χ4v) is 3.65. The average Bonchev–Trinajstić information content (AvgIpc) is 3.43. The minimum Gasteiger partial charge on any atom is -0.322 e. The van der Waals surface area contributed by atoms with Gasteiger partial charge in [0, 0.05) is 18.3 Å². The predicted molar refractivity (Wildman–Crippen MR) is 118 cm³/mol. The third kappa shape index (κ3) is 3.44. The van der Waals surface area contributed by atoms with Gasteiger partial charge in [0.25, 0.3) is 5.91 Å². The van der Waals surface area contributed by atoms with E-state index in [1.807, 2.05) is 74.6 Å². The zero-order valence-electron chi connectivity index (χ0n) is 17.0. The van der Waals surface area contributed by atoms with Crippen molar-refractivity contribution in [3.05, 3.63) is 84.3 Å². The fourth-order valence-electron chi connectivity index (χ4n) is 3.65. The highest BCUT2D eigenvalue weighted by Crippen LogP contribution is 2.27. The Morgan fingerprint density at radius 1 is 1.03 bits per heavy atom. The van der Waals surface area contributed by atoms with Crippen LogP contribution in [0.1, 0.15) is 16.1 Å². The SMILES string of the molecule is Cc1nn(C)c2nc(-c3ccccc3)cc(C(=O)Nc3cccc(-n4ccnn4)c3)c12. The summed E-state index contributed by atoms with van der Waals surface area (Å²) in [6.45, 7) is 1.88. The molecule has 0 unspecified atom stereocenters. The molecule has 5 rings (SSSR count). The van der Waals surface area contributed by atoms with E-state index in [4.69, 9.17) is 4.98 Å². The number of nitrogens with one attached hydrogen (secondary N) is 1. The van der Waals surface area contributed by atoms with E-state index in [1.54, 1.807) is 21.8 Å². The van der Waals surface area contributed by atoms with Crippen LogP contribution in [0.4, 0.5) is 5.69 Å². The van der Waals surface area contributed by atoms with Crippen LogP contribution in [0, 0.1) is 6.92 Å². The lowest BCUT2D eigenvalue weighted by molar-refractivity contribution is 0.102. The van der Waals surface area contributed by atoms with Gasteiger partial charge >= 0.3 is 0 Å². The molecule has 0 aliphatic heterocycles. The Morgan fingerprint density at radius 2 is 1.87 bits per heavy atom. The van der Waals surface area contributed by atoms with E-state index in [9.17, 15) is 4.79 Å². The number of fused-ring (bicyclic) bond motifs is 1. The Bertz CT molecular complexity index is 1390. The minimum absolute atomic E-state index is 0.226. The monoisotopic (exact) mass is 409 g/mol. The quantitative estimate of drug-likeness (QED) is 0.488. The number of nitrogens with zero attached hydrogens (tertiary/aromatic N) is 6. The number of carbonyl (C=O) groups excluding carboxylic acids is 1. The van der Waals surface area contributed by atoms with Crippen molar-refractivity contribution in [2.45, 2.75) is 6.92 Å². The molecule has 0 aliphatic rings. The number of rotatable bonds is 4. The van der Waals surface area contributed by atoms with Gasteiger partial charge in [0.1, 0.15) is 0 Å². The van der Waals surface area contributed by atoms with Gasteiger partial charge in [-0.15, -0.1) is 5.10 Å². The van der Waals surface area contributed by atoms with E-state index in [1.165, 1.54) is 0 Å². The van der Waals surface area contributed by atoms with E-state index in [2.05, 4.69) is 20.7 Å². The Balaban J connectivity index is 1.58. The van der Waals surface area contributed by atoms with Crippen LogP contribution < -0.4 is 5.32 Å². The molecule has 1 amide bonds. The van der Waals surface area contributed by atoms with Crippen molar-refractivity contribution in [3.63, 3.8) is 0 Å². The summed E-state index contributed by atoms with van der Waals surface area (Å²) < 4.78 is 3.35. The molecule has 0 bridgehead atoms. The maximum Gasteiger partial charge on any atom is 0.256 e. The summed E-state index contributed by atoms with van der Waals surface area (Å²) >= 11 is 0. The van der Waals surface area contributed by atoms with Gasteiger partial charge in [-0.25, -0.2) is 9.67 Å². The molecule has 0 aliphatic carbocycles. The number of anilines is 1. The van der Waals surface area contributed by atoms with Gasteiger partial charge in [-0.2, -0.15) is 5.10 Å². The smallest absolute Gasteiger partial charge is 0.256 e. The number of hydrogen-bond acceptors (Lipinski definition) is 5. The molecule has 0 saturated heterocycles. The molecule has 0 spiro atoms. The zero-order chi connectivity index (χ0) is 21.4. The van der Waals surface area contributed by atoms with Gasteiger partial charge < -0.3 is 5.32 Å². The van der Waals surface area contributed by atoms with Crippen LogP contribution in [-0.4, -0.2) is 35.7 Å². The molecule has 8 nitrogen and oxygen atoms in total. The number of aryl methyl sites for hydroxylation is 2. The van der Waals surface area contributed by atoms with Gasteiger partial charge in [-0.3, -0.25) is 9.48 Å². The second kappa shape index (κ2) is 7.49. The number of hydrogen-bond donors (Lipinski definition) is 1. The summed E-state index contributed by atoms with van der Waals surface area (Å²) in [4.78, 5) is 18.1. The summed E-state index contributed by atoms with van der Waals surface area (Å²) in [7, 11) is 1.83. The van der Waals surface area contributed by atoms with Crippen molar-refractivity contribution in [2.24, 2.45) is 7.05 Å². The highest BCUT2D eigenvalue weighted by Gasteiger charge is 2.19. The number of aromatic nitrogens is 6. The first-order valence-corrected chi connectivity index (χ1v) is 9.78. The van der Waals surface area contributed by atoms with Crippen LogP contribution in [0.15, 0.2) is 73.1 Å². The predicted octanol–water partition coefficient (Wildman–Crippen LogP) is 3.78. The van der Waals surface area contributed by atoms with E-state index in [0.29, 0.717) is 16.9 Å². The second-order valence-electron chi connectivity index (χ2n) is 7.18. The van der Waals surface area contributed by atoms with E-state index < -0.39 is 0 Å². The Kier molecular flexibility index (Phi) is 4.51. The van der Waals surface area contributed by atoms with Crippen molar-refractivity contribution < 1.29 is 4.79 Å². The third-order valence-corrected chi connectivity index (χ3v) is 5.07. The Labute approximate surface area is 178 Å². The Hall–Kier alpha value is -4.33. The van der Waals surface area contributed by atoms with Crippen LogP contribution >= 0.6 is 0 Å². The van der Waals surface area contributed by atoms with Gasteiger partial charge in [0.2, 0.25) is 0 Å². The normalized spacial score (nSPS) is 11.0. The van der Waals surface area contributed by atoms with Crippen molar-refractivity contribution >= 4 is 22.6 Å². The second-order valence-corrected chi connectivity index (χ2v) is 7.18. The lowest BCUT2D eigenvalue weighted by atomic mass is 10.0. The van der Waals surface area contributed by atoms with Crippen molar-refractivity contribution in [1.29, 1.82) is 0 Å². The molecule has 5 aromatic rings. The fraction of sp³-hybridized carbons (Fsp3) is 0.0870. The van der Waals surface area contributed by atoms with Crippen molar-refractivity contribution in [2.75, 3.05) is 5.32 Å². The summed E-state index contributed by atoms with van der Waals surface area (Å²) in [6, 6.07) is 19.1. The number of benzene rings is 2. The molecule has 0 saturated carbocycles. The maximum absolute atomic E-state index is 13.4. The minimum atomic E-state index is -0.226. The topological polar surface area (TPSA) is 90.5 Å². The third-order valence-electron chi connectivity index (χ3n) is 5.07. The maximum atomic E-state index is 13.4. The molecule has 0 radical (unpaired) electrons. The summed E-state index contributed by atoms with van der Waals surface area (Å²) in [5.74, 6) is -0.226. The zero-order valence-corrected chi connectivity index (χ0v) is 17.0. The molecule has 31 heavy (non-hydrogen) atoms. The molecule has 1 N–H and O–H groups in total. The first-order chi connectivity index (χ1) is 15.1. The first kappa shape index (κ1) is 18.7.